The molecule has 0 aliphatic rings. The highest BCUT2D eigenvalue weighted by Crippen LogP contribution is 2.18. The standard InChI is InChI=1S/C11H7N3O2/c15-11(16)9-5-10-7-3-1-2-4-8(7)12-6-14(10)13-9/h1-6H,(H,15,16). The van der Waals surface area contributed by atoms with Crippen molar-refractivity contribution < 1.29 is 9.90 Å². The SMILES string of the molecule is O=C(O)c1cc2c3ccccc3ncn2n1. The van der Waals surface area contributed by atoms with Gasteiger partial charge < -0.3 is 5.11 Å². The molecule has 0 spiro atoms. The number of hydrogen-bond donors (Lipinski definition) is 1. The quantitative estimate of drug-likeness (QED) is 0.666. The van der Waals surface area contributed by atoms with Crippen LogP contribution in [-0.2, 0) is 0 Å². The van der Waals surface area contributed by atoms with E-state index in [4.69, 9.17) is 5.11 Å². The second-order valence-corrected chi connectivity index (χ2v) is 3.43. The van der Waals surface area contributed by atoms with Crippen LogP contribution in [0.3, 0.4) is 0 Å². The molecule has 0 saturated carbocycles. The van der Waals surface area contributed by atoms with Gasteiger partial charge in [-0.05, 0) is 12.1 Å². The molecular formula is C11H7N3O2. The van der Waals surface area contributed by atoms with E-state index in [-0.39, 0.29) is 5.69 Å². The molecule has 0 atom stereocenters. The molecule has 2 heterocycles. The van der Waals surface area contributed by atoms with Gasteiger partial charge >= 0.3 is 5.97 Å². The number of hydrogen-bond acceptors (Lipinski definition) is 3. The molecule has 5 nitrogen and oxygen atoms in total. The van der Waals surface area contributed by atoms with E-state index in [1.807, 2.05) is 24.3 Å². The van der Waals surface area contributed by atoms with Gasteiger partial charge in [0.2, 0.25) is 0 Å². The second-order valence-electron chi connectivity index (χ2n) is 3.43. The second kappa shape index (κ2) is 3.03. The highest BCUT2D eigenvalue weighted by atomic mass is 16.4. The molecule has 1 aromatic carbocycles. The van der Waals surface area contributed by atoms with E-state index in [0.717, 1.165) is 16.4 Å². The number of fused-ring (bicyclic) bond motifs is 3. The van der Waals surface area contributed by atoms with Crippen LogP contribution >= 0.6 is 0 Å². The maximum atomic E-state index is 10.8. The van der Waals surface area contributed by atoms with Crippen LogP contribution in [0.2, 0.25) is 0 Å². The molecule has 0 aliphatic heterocycles. The van der Waals surface area contributed by atoms with Crippen molar-refractivity contribution in [3.05, 3.63) is 42.4 Å². The number of carbonyl (C=O) groups is 1. The van der Waals surface area contributed by atoms with Crippen molar-refractivity contribution >= 4 is 22.4 Å². The first kappa shape index (κ1) is 8.84. The summed E-state index contributed by atoms with van der Waals surface area (Å²) in [4.78, 5) is 15.0. The van der Waals surface area contributed by atoms with Crippen molar-refractivity contribution in [1.29, 1.82) is 0 Å². The molecule has 0 fully saturated rings. The first-order valence-corrected chi connectivity index (χ1v) is 4.72. The Morgan fingerprint density at radius 1 is 1.31 bits per heavy atom. The fourth-order valence-corrected chi connectivity index (χ4v) is 1.71. The first-order chi connectivity index (χ1) is 7.75. The van der Waals surface area contributed by atoms with Gasteiger partial charge in [-0.3, -0.25) is 0 Å². The number of aromatic carboxylic acids is 1. The maximum absolute atomic E-state index is 10.8. The lowest BCUT2D eigenvalue weighted by Gasteiger charge is -1.97. The topological polar surface area (TPSA) is 67.5 Å². The Morgan fingerprint density at radius 2 is 2.12 bits per heavy atom. The van der Waals surface area contributed by atoms with Crippen molar-refractivity contribution in [3.8, 4) is 0 Å². The zero-order valence-electron chi connectivity index (χ0n) is 8.16. The fraction of sp³-hybridized carbons (Fsp3) is 0. The van der Waals surface area contributed by atoms with E-state index >= 15 is 0 Å². The summed E-state index contributed by atoms with van der Waals surface area (Å²) in [5.41, 5.74) is 1.60. The lowest BCUT2D eigenvalue weighted by molar-refractivity contribution is 0.0690. The zero-order valence-corrected chi connectivity index (χ0v) is 8.16. The normalized spacial score (nSPS) is 11.0. The smallest absolute Gasteiger partial charge is 0.356 e. The van der Waals surface area contributed by atoms with E-state index in [1.165, 1.54) is 10.8 Å². The van der Waals surface area contributed by atoms with Gasteiger partial charge in [-0.25, -0.2) is 14.3 Å². The molecule has 0 radical (unpaired) electrons. The largest absolute Gasteiger partial charge is 0.476 e. The molecule has 0 aliphatic carbocycles. The van der Waals surface area contributed by atoms with Gasteiger partial charge in [-0.2, -0.15) is 5.10 Å². The van der Waals surface area contributed by atoms with Gasteiger partial charge in [-0.15, -0.1) is 0 Å². The molecule has 0 saturated heterocycles. The Balaban J connectivity index is 2.46. The van der Waals surface area contributed by atoms with Crippen molar-refractivity contribution in [2.75, 3.05) is 0 Å². The summed E-state index contributed by atoms with van der Waals surface area (Å²) in [6, 6.07) is 9.10. The first-order valence-electron chi connectivity index (χ1n) is 4.72. The van der Waals surface area contributed by atoms with Crippen molar-refractivity contribution in [2.45, 2.75) is 0 Å². The highest BCUT2D eigenvalue weighted by Gasteiger charge is 2.10. The lowest BCUT2D eigenvalue weighted by Crippen LogP contribution is -1.97. The fourth-order valence-electron chi connectivity index (χ4n) is 1.71. The number of nitrogens with zero attached hydrogens (tertiary/aromatic N) is 3. The maximum Gasteiger partial charge on any atom is 0.356 e. The molecule has 0 amide bonds. The summed E-state index contributed by atoms with van der Waals surface area (Å²) < 4.78 is 1.48. The molecule has 1 N–H and O–H groups in total. The van der Waals surface area contributed by atoms with Crippen LogP contribution < -0.4 is 0 Å². The summed E-state index contributed by atoms with van der Waals surface area (Å²) in [6.45, 7) is 0. The van der Waals surface area contributed by atoms with Gasteiger partial charge in [0.1, 0.15) is 6.33 Å². The van der Waals surface area contributed by atoms with Gasteiger partial charge in [0.25, 0.3) is 0 Å². The summed E-state index contributed by atoms with van der Waals surface area (Å²) in [6.07, 6.45) is 1.52. The number of benzene rings is 1. The van der Waals surface area contributed by atoms with Crippen molar-refractivity contribution in [2.24, 2.45) is 0 Å². The number of para-hydroxylation sites is 1. The molecule has 5 heteroatoms. The Hall–Kier alpha value is -2.43. The van der Waals surface area contributed by atoms with Gasteiger partial charge in [0.05, 0.1) is 11.0 Å². The number of aromatic nitrogens is 3. The molecule has 0 unspecified atom stereocenters. The highest BCUT2D eigenvalue weighted by molar-refractivity contribution is 5.96. The third-order valence-electron chi connectivity index (χ3n) is 2.44. The monoisotopic (exact) mass is 213 g/mol. The van der Waals surface area contributed by atoms with E-state index in [2.05, 4.69) is 10.1 Å². The predicted molar refractivity (Wildman–Crippen MR) is 57.5 cm³/mol. The van der Waals surface area contributed by atoms with Crippen LogP contribution in [0.15, 0.2) is 36.7 Å². The van der Waals surface area contributed by atoms with Crippen LogP contribution in [0.4, 0.5) is 0 Å². The van der Waals surface area contributed by atoms with Crippen LogP contribution in [-0.4, -0.2) is 25.7 Å². The zero-order chi connectivity index (χ0) is 11.1. The van der Waals surface area contributed by atoms with Gasteiger partial charge in [0, 0.05) is 5.39 Å². The summed E-state index contributed by atoms with van der Waals surface area (Å²) in [7, 11) is 0. The Labute approximate surface area is 90.0 Å². The predicted octanol–water partition coefficient (Wildman–Crippen LogP) is 1.58. The van der Waals surface area contributed by atoms with Gasteiger partial charge in [0.15, 0.2) is 5.69 Å². The van der Waals surface area contributed by atoms with Crippen molar-refractivity contribution in [1.82, 2.24) is 14.6 Å². The number of rotatable bonds is 1. The molecule has 0 bridgehead atoms. The van der Waals surface area contributed by atoms with E-state index < -0.39 is 5.97 Å². The molecular weight excluding hydrogens is 206 g/mol. The minimum Gasteiger partial charge on any atom is -0.476 e. The minimum atomic E-state index is -1.03. The summed E-state index contributed by atoms with van der Waals surface area (Å²) in [5, 5.41) is 13.7. The molecule has 78 valence electrons. The summed E-state index contributed by atoms with van der Waals surface area (Å²) >= 11 is 0. The van der Waals surface area contributed by atoms with Crippen LogP contribution in [0, 0.1) is 0 Å². The molecule has 3 rings (SSSR count). The molecule has 16 heavy (non-hydrogen) atoms. The molecule has 2 aromatic heterocycles. The van der Waals surface area contributed by atoms with E-state index in [0.29, 0.717) is 0 Å². The van der Waals surface area contributed by atoms with Crippen LogP contribution in [0.1, 0.15) is 10.5 Å². The van der Waals surface area contributed by atoms with E-state index in [1.54, 1.807) is 6.07 Å². The Bertz CT molecular complexity index is 703. The number of carboxylic acids is 1. The third kappa shape index (κ3) is 1.15. The Kier molecular flexibility index (Phi) is 1.67. The summed E-state index contributed by atoms with van der Waals surface area (Å²) in [5.74, 6) is -1.03. The van der Waals surface area contributed by atoms with Gasteiger partial charge in [-0.1, -0.05) is 18.2 Å². The minimum absolute atomic E-state index is 0.0261. The average Bonchev–Trinajstić information content (AvgIpc) is 2.73. The van der Waals surface area contributed by atoms with E-state index in [9.17, 15) is 4.79 Å². The Morgan fingerprint density at radius 3 is 2.94 bits per heavy atom. The lowest BCUT2D eigenvalue weighted by atomic mass is 10.2. The van der Waals surface area contributed by atoms with Crippen LogP contribution in [0.25, 0.3) is 16.4 Å². The number of carboxylic acid groups (broad SMARTS) is 1. The van der Waals surface area contributed by atoms with Crippen molar-refractivity contribution in [3.63, 3.8) is 0 Å². The van der Waals surface area contributed by atoms with Crippen LogP contribution in [0.5, 0.6) is 0 Å². The third-order valence-corrected chi connectivity index (χ3v) is 2.44. The average molecular weight is 213 g/mol. The molecule has 3 aromatic rings.